The average Bonchev–Trinajstić information content (AvgIpc) is 2.62. The maximum absolute atomic E-state index is 4.34. The second kappa shape index (κ2) is 4.13. The van der Waals surface area contributed by atoms with Crippen molar-refractivity contribution in [2.45, 2.75) is 78.3 Å². The van der Waals surface area contributed by atoms with Crippen molar-refractivity contribution in [2.75, 3.05) is 0 Å². The summed E-state index contributed by atoms with van der Waals surface area (Å²) in [5, 5.41) is 11.5. The molecule has 1 heterocycles. The molecule has 1 aromatic heterocycles. The highest BCUT2D eigenvalue weighted by molar-refractivity contribution is 5.24. The molecule has 3 heteroatoms. The van der Waals surface area contributed by atoms with E-state index in [9.17, 15) is 0 Å². The third-order valence-electron chi connectivity index (χ3n) is 6.55. The van der Waals surface area contributed by atoms with E-state index in [0.717, 1.165) is 18.2 Å². The number of aromatic nitrogens is 2. The number of H-pyrrole nitrogens is 1. The molecule has 0 aromatic carbocycles. The molecule has 2 unspecified atom stereocenters. The fourth-order valence-electron chi connectivity index (χ4n) is 6.76. The summed E-state index contributed by atoms with van der Waals surface area (Å²) in [7, 11) is 0. The van der Waals surface area contributed by atoms with Crippen molar-refractivity contribution < 1.29 is 0 Å². The first-order valence-corrected chi connectivity index (χ1v) is 8.56. The van der Waals surface area contributed by atoms with Crippen LogP contribution >= 0.6 is 0 Å². The summed E-state index contributed by atoms with van der Waals surface area (Å²) in [4.78, 5) is 0. The highest BCUT2D eigenvalue weighted by Crippen LogP contribution is 2.66. The van der Waals surface area contributed by atoms with Gasteiger partial charge in [0.15, 0.2) is 0 Å². The number of hydrogen-bond donors (Lipinski definition) is 2. The number of hydrogen-bond acceptors (Lipinski definition) is 2. The third-order valence-corrected chi connectivity index (χ3v) is 6.55. The van der Waals surface area contributed by atoms with Crippen LogP contribution in [0.25, 0.3) is 0 Å². The van der Waals surface area contributed by atoms with Gasteiger partial charge in [-0.3, -0.25) is 5.10 Å². The minimum Gasteiger partial charge on any atom is -0.307 e. The van der Waals surface area contributed by atoms with Gasteiger partial charge in [-0.1, -0.05) is 13.8 Å². The van der Waals surface area contributed by atoms with E-state index in [1.165, 1.54) is 49.8 Å². The van der Waals surface area contributed by atoms with E-state index >= 15 is 0 Å². The van der Waals surface area contributed by atoms with Gasteiger partial charge >= 0.3 is 0 Å². The van der Waals surface area contributed by atoms with Crippen LogP contribution in [0.1, 0.15) is 69.3 Å². The first-order valence-electron chi connectivity index (χ1n) is 8.56. The van der Waals surface area contributed by atoms with Gasteiger partial charge in [-0.25, -0.2) is 0 Å². The van der Waals surface area contributed by atoms with E-state index in [0.29, 0.717) is 16.4 Å². The summed E-state index contributed by atoms with van der Waals surface area (Å²) in [6.45, 7) is 10.3. The molecule has 4 aliphatic carbocycles. The van der Waals surface area contributed by atoms with E-state index in [-0.39, 0.29) is 0 Å². The van der Waals surface area contributed by atoms with Crippen LogP contribution in [0.15, 0.2) is 0 Å². The summed E-state index contributed by atoms with van der Waals surface area (Å²) in [5.74, 6) is 0.954. The van der Waals surface area contributed by atoms with Crippen molar-refractivity contribution in [1.29, 1.82) is 0 Å². The molecular weight excluding hydrogens is 258 g/mol. The average molecular weight is 287 g/mol. The first-order chi connectivity index (χ1) is 9.81. The molecule has 0 spiro atoms. The Kier molecular flexibility index (Phi) is 2.71. The van der Waals surface area contributed by atoms with Crippen LogP contribution in [0.4, 0.5) is 0 Å². The number of rotatable bonds is 3. The highest BCUT2D eigenvalue weighted by Gasteiger charge is 2.59. The lowest BCUT2D eigenvalue weighted by atomic mass is 9.43. The molecule has 0 saturated heterocycles. The van der Waals surface area contributed by atoms with Crippen LogP contribution in [0.2, 0.25) is 0 Å². The predicted octanol–water partition coefficient (Wildman–Crippen LogP) is 3.87. The van der Waals surface area contributed by atoms with E-state index in [1.54, 1.807) is 0 Å². The number of nitrogens with one attached hydrogen (secondary N) is 2. The maximum atomic E-state index is 4.34. The quantitative estimate of drug-likeness (QED) is 0.886. The Morgan fingerprint density at radius 1 is 1.10 bits per heavy atom. The van der Waals surface area contributed by atoms with E-state index in [2.05, 4.69) is 43.2 Å². The fourth-order valence-corrected chi connectivity index (χ4v) is 6.76. The van der Waals surface area contributed by atoms with Crippen LogP contribution in [0, 0.1) is 30.6 Å². The Labute approximate surface area is 128 Å². The first kappa shape index (κ1) is 13.8. The second-order valence-electron chi connectivity index (χ2n) is 9.18. The van der Waals surface area contributed by atoms with Gasteiger partial charge in [0, 0.05) is 23.3 Å². The lowest BCUT2D eigenvalue weighted by Gasteiger charge is -2.65. The summed E-state index contributed by atoms with van der Waals surface area (Å²) in [5.41, 5.74) is 5.31. The Morgan fingerprint density at radius 2 is 1.76 bits per heavy atom. The Bertz CT molecular complexity index is 536. The molecule has 3 nitrogen and oxygen atoms in total. The van der Waals surface area contributed by atoms with Gasteiger partial charge in [-0.15, -0.1) is 0 Å². The Balaban J connectivity index is 1.57. The lowest BCUT2D eigenvalue weighted by molar-refractivity contribution is -0.118. The van der Waals surface area contributed by atoms with Crippen LogP contribution < -0.4 is 5.32 Å². The summed E-state index contributed by atoms with van der Waals surface area (Å²) >= 11 is 0. The predicted molar refractivity (Wildman–Crippen MR) is 85.0 cm³/mol. The Morgan fingerprint density at radius 3 is 2.29 bits per heavy atom. The minimum absolute atomic E-state index is 0.388. The van der Waals surface area contributed by atoms with E-state index < -0.39 is 0 Å². The summed E-state index contributed by atoms with van der Waals surface area (Å²) in [6, 6.07) is 0. The molecule has 5 rings (SSSR count). The zero-order valence-corrected chi connectivity index (χ0v) is 14.0. The van der Waals surface area contributed by atoms with Crippen LogP contribution in [-0.2, 0) is 6.54 Å². The molecule has 4 bridgehead atoms. The van der Waals surface area contributed by atoms with Gasteiger partial charge < -0.3 is 5.32 Å². The van der Waals surface area contributed by atoms with Crippen molar-refractivity contribution in [3.63, 3.8) is 0 Å². The molecule has 0 amide bonds. The number of aromatic amines is 1. The van der Waals surface area contributed by atoms with Crippen molar-refractivity contribution in [1.82, 2.24) is 15.5 Å². The molecule has 21 heavy (non-hydrogen) atoms. The van der Waals surface area contributed by atoms with Crippen molar-refractivity contribution in [3.05, 3.63) is 17.0 Å². The minimum atomic E-state index is 0.388. The molecule has 4 fully saturated rings. The SMILES string of the molecule is Cc1n[nH]c(C)c1CNC12CC3CC(C)(CC(C)(C3)C1)C2. The van der Waals surface area contributed by atoms with Gasteiger partial charge in [-0.2, -0.15) is 5.10 Å². The summed E-state index contributed by atoms with van der Waals surface area (Å²) in [6.07, 6.45) is 8.54. The largest absolute Gasteiger partial charge is 0.307 e. The van der Waals surface area contributed by atoms with Gasteiger partial charge in [0.2, 0.25) is 0 Å². The maximum Gasteiger partial charge on any atom is 0.0638 e. The van der Waals surface area contributed by atoms with Crippen LogP contribution in [0.3, 0.4) is 0 Å². The molecule has 4 saturated carbocycles. The Hall–Kier alpha value is -0.830. The molecule has 2 atom stereocenters. The number of aryl methyl sites for hydroxylation is 2. The van der Waals surface area contributed by atoms with E-state index in [4.69, 9.17) is 0 Å². The van der Waals surface area contributed by atoms with Gasteiger partial charge in [0.1, 0.15) is 0 Å². The highest BCUT2D eigenvalue weighted by atomic mass is 15.1. The van der Waals surface area contributed by atoms with Crippen LogP contribution in [-0.4, -0.2) is 15.7 Å². The zero-order valence-electron chi connectivity index (χ0n) is 14.0. The standard InChI is InChI=1S/C18H29N3/c1-12-15(13(2)21-20-12)8-19-18-7-14-5-16(3,10-18)9-17(4,6-14)11-18/h14,19H,5-11H2,1-4H3,(H,20,21). The molecule has 0 aliphatic heterocycles. The topological polar surface area (TPSA) is 40.7 Å². The molecule has 0 radical (unpaired) electrons. The molecule has 2 N–H and O–H groups in total. The fraction of sp³-hybridized carbons (Fsp3) is 0.833. The van der Waals surface area contributed by atoms with Gasteiger partial charge in [-0.05, 0) is 69.1 Å². The van der Waals surface area contributed by atoms with E-state index in [1.807, 2.05) is 0 Å². The summed E-state index contributed by atoms with van der Waals surface area (Å²) < 4.78 is 0. The molecule has 1 aromatic rings. The van der Waals surface area contributed by atoms with Gasteiger partial charge in [0.05, 0.1) is 5.69 Å². The molecule has 4 aliphatic rings. The lowest BCUT2D eigenvalue weighted by Crippen LogP contribution is -2.63. The van der Waals surface area contributed by atoms with Crippen LogP contribution in [0.5, 0.6) is 0 Å². The normalized spacial score (nSPS) is 44.5. The zero-order chi connectivity index (χ0) is 14.9. The monoisotopic (exact) mass is 287 g/mol. The van der Waals surface area contributed by atoms with Crippen molar-refractivity contribution >= 4 is 0 Å². The van der Waals surface area contributed by atoms with Crippen molar-refractivity contribution in [3.8, 4) is 0 Å². The number of nitrogens with zero attached hydrogens (tertiary/aromatic N) is 1. The second-order valence-corrected chi connectivity index (χ2v) is 9.18. The van der Waals surface area contributed by atoms with Crippen molar-refractivity contribution in [2.24, 2.45) is 16.7 Å². The smallest absolute Gasteiger partial charge is 0.0638 e. The van der Waals surface area contributed by atoms with Gasteiger partial charge in [0.25, 0.3) is 0 Å². The third kappa shape index (κ3) is 2.16. The molecular formula is C18H29N3. The molecule has 116 valence electrons.